The van der Waals surface area contributed by atoms with Gasteiger partial charge in [0.15, 0.2) is 0 Å². The van der Waals surface area contributed by atoms with E-state index in [1.807, 2.05) is 12.1 Å². The second kappa shape index (κ2) is 6.60. The van der Waals surface area contributed by atoms with Crippen LogP contribution in [0.15, 0.2) is 36.5 Å². The molecule has 1 aromatic carbocycles. The van der Waals surface area contributed by atoms with Gasteiger partial charge < -0.3 is 10.8 Å². The van der Waals surface area contributed by atoms with E-state index in [9.17, 15) is 4.79 Å². The topological polar surface area (TPSA) is 76.2 Å². The van der Waals surface area contributed by atoms with Crippen LogP contribution in [0.5, 0.6) is 0 Å². The molecule has 0 fully saturated rings. The molecule has 1 heterocycles. The Kier molecular flexibility index (Phi) is 4.81. The number of carboxylic acids is 1. The van der Waals surface area contributed by atoms with Gasteiger partial charge in [-0.15, -0.1) is 0 Å². The van der Waals surface area contributed by atoms with E-state index in [1.165, 1.54) is 11.1 Å². The number of aromatic carboxylic acids is 1. The number of nitrogen functional groups attached to an aromatic ring is 1. The molecular formula is C18H22N2O2. The first-order valence-corrected chi connectivity index (χ1v) is 7.46. The summed E-state index contributed by atoms with van der Waals surface area (Å²) < 4.78 is 0. The maximum absolute atomic E-state index is 10.8. The maximum Gasteiger partial charge on any atom is 0.354 e. The Balaban J connectivity index is 2.16. The van der Waals surface area contributed by atoms with Crippen LogP contribution in [0, 0.1) is 0 Å². The standard InChI is InChI=1S/C18H22N2O2/c1-11(2)15-9-13(4-6-16(15)19)8-12(3)14-5-7-17(18(21)22)20-10-14/h4-7,9-12H,8,19H2,1-3H3,(H,21,22). The molecule has 1 unspecified atom stereocenters. The number of hydrogen-bond acceptors (Lipinski definition) is 3. The summed E-state index contributed by atoms with van der Waals surface area (Å²) >= 11 is 0. The lowest BCUT2D eigenvalue weighted by Crippen LogP contribution is -2.04. The number of carbonyl (C=O) groups is 1. The Morgan fingerprint density at radius 3 is 2.50 bits per heavy atom. The van der Waals surface area contributed by atoms with Gasteiger partial charge in [0.25, 0.3) is 0 Å². The van der Waals surface area contributed by atoms with Crippen molar-refractivity contribution in [3.63, 3.8) is 0 Å². The Bertz CT molecular complexity index is 663. The second-order valence-electron chi connectivity index (χ2n) is 6.01. The van der Waals surface area contributed by atoms with Gasteiger partial charge in [-0.1, -0.05) is 39.0 Å². The second-order valence-corrected chi connectivity index (χ2v) is 6.01. The van der Waals surface area contributed by atoms with Crippen molar-refractivity contribution >= 4 is 11.7 Å². The quantitative estimate of drug-likeness (QED) is 0.822. The van der Waals surface area contributed by atoms with Crippen molar-refractivity contribution in [1.29, 1.82) is 0 Å². The first-order chi connectivity index (χ1) is 10.4. The number of rotatable bonds is 5. The smallest absolute Gasteiger partial charge is 0.354 e. The fourth-order valence-corrected chi connectivity index (χ4v) is 2.55. The van der Waals surface area contributed by atoms with Crippen LogP contribution in [-0.2, 0) is 6.42 Å². The van der Waals surface area contributed by atoms with Crippen LogP contribution in [0.2, 0.25) is 0 Å². The summed E-state index contributed by atoms with van der Waals surface area (Å²) in [6.45, 7) is 6.38. The normalized spacial score (nSPS) is 12.4. The monoisotopic (exact) mass is 298 g/mol. The zero-order valence-electron chi connectivity index (χ0n) is 13.2. The van der Waals surface area contributed by atoms with Crippen molar-refractivity contribution in [2.24, 2.45) is 0 Å². The fourth-order valence-electron chi connectivity index (χ4n) is 2.55. The van der Waals surface area contributed by atoms with E-state index < -0.39 is 5.97 Å². The molecule has 0 saturated heterocycles. The van der Waals surface area contributed by atoms with Crippen LogP contribution >= 0.6 is 0 Å². The highest BCUT2D eigenvalue weighted by atomic mass is 16.4. The average molecular weight is 298 g/mol. The van der Waals surface area contributed by atoms with Crippen molar-refractivity contribution in [3.05, 3.63) is 58.9 Å². The molecule has 0 aliphatic rings. The largest absolute Gasteiger partial charge is 0.477 e. The van der Waals surface area contributed by atoms with E-state index in [1.54, 1.807) is 12.3 Å². The highest BCUT2D eigenvalue weighted by molar-refractivity contribution is 5.85. The average Bonchev–Trinajstić information content (AvgIpc) is 2.49. The molecule has 0 radical (unpaired) electrons. The van der Waals surface area contributed by atoms with Crippen LogP contribution in [0.1, 0.15) is 59.8 Å². The van der Waals surface area contributed by atoms with Crippen LogP contribution in [-0.4, -0.2) is 16.1 Å². The lowest BCUT2D eigenvalue weighted by Gasteiger charge is -2.15. The number of aromatic nitrogens is 1. The number of hydrogen-bond donors (Lipinski definition) is 2. The lowest BCUT2D eigenvalue weighted by atomic mass is 9.91. The minimum Gasteiger partial charge on any atom is -0.477 e. The van der Waals surface area contributed by atoms with Crippen LogP contribution in [0.25, 0.3) is 0 Å². The summed E-state index contributed by atoms with van der Waals surface area (Å²) in [6.07, 6.45) is 2.52. The first-order valence-electron chi connectivity index (χ1n) is 7.46. The number of nitrogens with zero attached hydrogens (tertiary/aromatic N) is 1. The fraction of sp³-hybridized carbons (Fsp3) is 0.333. The van der Waals surface area contributed by atoms with Gasteiger partial charge in [-0.25, -0.2) is 9.78 Å². The third-order valence-electron chi connectivity index (χ3n) is 3.89. The number of anilines is 1. The molecule has 0 aliphatic heterocycles. The molecule has 3 N–H and O–H groups in total. The van der Waals surface area contributed by atoms with E-state index in [0.29, 0.717) is 5.92 Å². The predicted molar refractivity (Wildman–Crippen MR) is 88.3 cm³/mol. The summed E-state index contributed by atoms with van der Waals surface area (Å²) in [5.41, 5.74) is 10.4. The van der Waals surface area contributed by atoms with E-state index in [4.69, 9.17) is 10.8 Å². The van der Waals surface area contributed by atoms with E-state index in [-0.39, 0.29) is 11.6 Å². The maximum atomic E-state index is 10.8. The molecular weight excluding hydrogens is 276 g/mol. The molecule has 0 aliphatic carbocycles. The minimum absolute atomic E-state index is 0.0746. The Morgan fingerprint density at radius 2 is 1.95 bits per heavy atom. The summed E-state index contributed by atoms with van der Waals surface area (Å²) in [5, 5.41) is 8.88. The molecule has 22 heavy (non-hydrogen) atoms. The van der Waals surface area contributed by atoms with E-state index in [2.05, 4.69) is 37.9 Å². The highest BCUT2D eigenvalue weighted by Crippen LogP contribution is 2.26. The molecule has 2 rings (SSSR count). The SMILES string of the molecule is CC(C)c1cc(CC(C)c2ccc(C(=O)O)nc2)ccc1N. The Hall–Kier alpha value is -2.36. The highest BCUT2D eigenvalue weighted by Gasteiger charge is 2.11. The summed E-state index contributed by atoms with van der Waals surface area (Å²) in [5.74, 6) is -0.343. The molecule has 4 nitrogen and oxygen atoms in total. The van der Waals surface area contributed by atoms with Gasteiger partial charge >= 0.3 is 5.97 Å². The Morgan fingerprint density at radius 1 is 1.23 bits per heavy atom. The summed E-state index contributed by atoms with van der Waals surface area (Å²) in [7, 11) is 0. The Labute approximate surface area is 131 Å². The minimum atomic E-state index is -1.00. The zero-order chi connectivity index (χ0) is 16.3. The number of carboxylic acid groups (broad SMARTS) is 1. The molecule has 4 heteroatoms. The van der Waals surface area contributed by atoms with E-state index >= 15 is 0 Å². The molecule has 0 saturated carbocycles. The van der Waals surface area contributed by atoms with Gasteiger partial charge in [-0.2, -0.15) is 0 Å². The first kappa shape index (κ1) is 16.0. The predicted octanol–water partition coefficient (Wildman–Crippen LogP) is 3.83. The molecule has 1 atom stereocenters. The lowest BCUT2D eigenvalue weighted by molar-refractivity contribution is 0.0690. The van der Waals surface area contributed by atoms with Gasteiger partial charge in [0.1, 0.15) is 5.69 Å². The van der Waals surface area contributed by atoms with Crippen molar-refractivity contribution in [1.82, 2.24) is 4.98 Å². The number of benzene rings is 1. The van der Waals surface area contributed by atoms with Crippen molar-refractivity contribution in [2.75, 3.05) is 5.73 Å². The van der Waals surface area contributed by atoms with Gasteiger partial charge in [-0.3, -0.25) is 0 Å². The molecule has 116 valence electrons. The van der Waals surface area contributed by atoms with Gasteiger partial charge in [0, 0.05) is 11.9 Å². The molecule has 2 aromatic rings. The number of nitrogens with two attached hydrogens (primary N) is 1. The molecule has 0 amide bonds. The van der Waals surface area contributed by atoms with Gasteiger partial charge in [0.2, 0.25) is 0 Å². The molecule has 1 aromatic heterocycles. The molecule has 0 spiro atoms. The third kappa shape index (κ3) is 3.64. The number of pyridine rings is 1. The van der Waals surface area contributed by atoms with Gasteiger partial charge in [0.05, 0.1) is 0 Å². The van der Waals surface area contributed by atoms with Crippen LogP contribution in [0.3, 0.4) is 0 Å². The van der Waals surface area contributed by atoms with Crippen LogP contribution in [0.4, 0.5) is 5.69 Å². The molecule has 0 bridgehead atoms. The summed E-state index contributed by atoms with van der Waals surface area (Å²) in [4.78, 5) is 14.8. The zero-order valence-corrected chi connectivity index (χ0v) is 13.2. The van der Waals surface area contributed by atoms with Crippen molar-refractivity contribution < 1.29 is 9.90 Å². The third-order valence-corrected chi connectivity index (χ3v) is 3.89. The summed E-state index contributed by atoms with van der Waals surface area (Å²) in [6, 6.07) is 9.56. The van der Waals surface area contributed by atoms with Crippen molar-refractivity contribution in [2.45, 2.75) is 39.0 Å². The van der Waals surface area contributed by atoms with Crippen LogP contribution < -0.4 is 5.73 Å². The van der Waals surface area contributed by atoms with Gasteiger partial charge in [-0.05, 0) is 47.1 Å². The van der Waals surface area contributed by atoms with Crippen molar-refractivity contribution in [3.8, 4) is 0 Å². The van der Waals surface area contributed by atoms with E-state index in [0.717, 1.165) is 17.7 Å².